The zero-order valence-corrected chi connectivity index (χ0v) is 13.5. The summed E-state index contributed by atoms with van der Waals surface area (Å²) < 4.78 is 4.99. The fourth-order valence-corrected chi connectivity index (χ4v) is 2.71. The highest BCUT2D eigenvalue weighted by molar-refractivity contribution is 6.04. The number of hydrogen-bond donors (Lipinski definition) is 1. The number of methoxy groups -OCH3 is 1. The van der Waals surface area contributed by atoms with Gasteiger partial charge in [-0.15, -0.1) is 0 Å². The molecule has 7 heteroatoms. The van der Waals surface area contributed by atoms with Crippen LogP contribution < -0.4 is 4.74 Å². The highest BCUT2D eigenvalue weighted by Crippen LogP contribution is 2.33. The first kappa shape index (κ1) is 16.4. The van der Waals surface area contributed by atoms with Crippen LogP contribution >= 0.6 is 0 Å². The van der Waals surface area contributed by atoms with Crippen molar-refractivity contribution in [3.63, 3.8) is 0 Å². The molecule has 126 valence electrons. The summed E-state index contributed by atoms with van der Waals surface area (Å²) in [5.41, 5.74) is 2.07. The largest absolute Gasteiger partial charge is 0.490 e. The molecule has 0 spiro atoms. The highest BCUT2D eigenvalue weighted by atomic mass is 16.6. The number of aromatic nitrogens is 1. The smallest absolute Gasteiger partial charge is 0.336 e. The number of carboxylic acids is 1. The van der Waals surface area contributed by atoms with Gasteiger partial charge in [0, 0.05) is 17.0 Å². The Balaban J connectivity index is 2.29. The van der Waals surface area contributed by atoms with E-state index in [1.165, 1.54) is 25.3 Å². The molecule has 25 heavy (non-hydrogen) atoms. The molecule has 0 saturated heterocycles. The minimum atomic E-state index is -1.08. The maximum atomic E-state index is 11.6. The van der Waals surface area contributed by atoms with Crippen LogP contribution in [0.5, 0.6) is 5.75 Å². The summed E-state index contributed by atoms with van der Waals surface area (Å²) in [7, 11) is 1.35. The van der Waals surface area contributed by atoms with Crippen LogP contribution in [-0.2, 0) is 0 Å². The normalized spacial score (nSPS) is 10.6. The van der Waals surface area contributed by atoms with E-state index in [9.17, 15) is 20.0 Å². The number of nitro groups is 1. The lowest BCUT2D eigenvalue weighted by atomic mass is 10.0. The van der Waals surface area contributed by atoms with E-state index in [-0.39, 0.29) is 17.0 Å². The van der Waals surface area contributed by atoms with Crippen molar-refractivity contribution in [3.05, 3.63) is 63.7 Å². The molecule has 0 aliphatic heterocycles. The van der Waals surface area contributed by atoms with Crippen LogP contribution in [0.25, 0.3) is 22.2 Å². The van der Waals surface area contributed by atoms with Gasteiger partial charge in [-0.25, -0.2) is 9.78 Å². The molecule has 1 N–H and O–H groups in total. The van der Waals surface area contributed by atoms with Crippen LogP contribution in [0.3, 0.4) is 0 Å². The Morgan fingerprint density at radius 1 is 1.24 bits per heavy atom. The summed E-state index contributed by atoms with van der Waals surface area (Å²) in [6, 6.07) is 11.1. The lowest BCUT2D eigenvalue weighted by Crippen LogP contribution is -2.01. The minimum Gasteiger partial charge on any atom is -0.490 e. The van der Waals surface area contributed by atoms with E-state index in [0.717, 1.165) is 5.56 Å². The maximum absolute atomic E-state index is 11.6. The number of nitrogens with zero attached hydrogens (tertiary/aromatic N) is 2. The van der Waals surface area contributed by atoms with Crippen molar-refractivity contribution in [1.29, 1.82) is 0 Å². The van der Waals surface area contributed by atoms with Gasteiger partial charge < -0.3 is 9.84 Å². The highest BCUT2D eigenvalue weighted by Gasteiger charge is 2.19. The van der Waals surface area contributed by atoms with E-state index in [4.69, 9.17) is 4.74 Å². The number of carbonyl (C=O) groups is 1. The van der Waals surface area contributed by atoms with Crippen molar-refractivity contribution in [2.24, 2.45) is 0 Å². The van der Waals surface area contributed by atoms with E-state index in [2.05, 4.69) is 4.98 Å². The van der Waals surface area contributed by atoms with Crippen molar-refractivity contribution in [1.82, 2.24) is 4.98 Å². The third-order valence-electron chi connectivity index (χ3n) is 3.94. The van der Waals surface area contributed by atoms with Gasteiger partial charge in [-0.2, -0.15) is 0 Å². The summed E-state index contributed by atoms with van der Waals surface area (Å²) in [6.45, 7) is 1.83. The zero-order valence-electron chi connectivity index (χ0n) is 13.5. The van der Waals surface area contributed by atoms with Gasteiger partial charge in [0.15, 0.2) is 5.75 Å². The maximum Gasteiger partial charge on any atom is 0.336 e. The molecule has 0 fully saturated rings. The molecule has 1 aromatic heterocycles. The van der Waals surface area contributed by atoms with Crippen LogP contribution in [0.15, 0.2) is 42.5 Å². The van der Waals surface area contributed by atoms with Crippen LogP contribution in [0, 0.1) is 17.0 Å². The van der Waals surface area contributed by atoms with Gasteiger partial charge in [-0.3, -0.25) is 10.1 Å². The summed E-state index contributed by atoms with van der Waals surface area (Å²) in [5, 5.41) is 21.3. The van der Waals surface area contributed by atoms with Crippen LogP contribution in [-0.4, -0.2) is 28.1 Å². The molecular weight excluding hydrogens is 324 g/mol. The number of pyridine rings is 1. The van der Waals surface area contributed by atoms with E-state index in [0.29, 0.717) is 22.2 Å². The first-order valence-electron chi connectivity index (χ1n) is 7.39. The van der Waals surface area contributed by atoms with Gasteiger partial charge in [0.05, 0.1) is 28.8 Å². The standard InChI is InChI=1S/C18H14N2O5/c1-10-4-3-5-12-13(18(21)22)9-14(19-17(10)12)11-6-7-16(25-2)15(8-11)20(23)24/h3-9H,1-2H3,(H,21,22). The molecule has 3 aromatic rings. The average molecular weight is 338 g/mol. The second kappa shape index (κ2) is 6.20. The monoisotopic (exact) mass is 338 g/mol. The average Bonchev–Trinajstić information content (AvgIpc) is 2.60. The summed E-state index contributed by atoms with van der Waals surface area (Å²) >= 11 is 0. The Labute approximate surface area is 142 Å². The first-order chi connectivity index (χ1) is 11.9. The number of rotatable bonds is 4. The molecule has 0 amide bonds. The fourth-order valence-electron chi connectivity index (χ4n) is 2.71. The fraction of sp³-hybridized carbons (Fsp3) is 0.111. The van der Waals surface area contributed by atoms with Crippen LogP contribution in [0.2, 0.25) is 0 Å². The van der Waals surface area contributed by atoms with Crippen molar-refractivity contribution in [2.45, 2.75) is 6.92 Å². The Morgan fingerprint density at radius 2 is 2.00 bits per heavy atom. The molecule has 7 nitrogen and oxygen atoms in total. The number of para-hydroxylation sites is 1. The van der Waals surface area contributed by atoms with Gasteiger partial charge in [0.25, 0.3) is 0 Å². The van der Waals surface area contributed by atoms with Gasteiger partial charge in [0.1, 0.15) is 0 Å². The second-order valence-electron chi connectivity index (χ2n) is 5.48. The van der Waals surface area contributed by atoms with E-state index >= 15 is 0 Å². The number of nitro benzene ring substituents is 1. The summed E-state index contributed by atoms with van der Waals surface area (Å²) in [5.74, 6) is -0.952. The van der Waals surface area contributed by atoms with Gasteiger partial charge in [-0.1, -0.05) is 18.2 Å². The van der Waals surface area contributed by atoms with Crippen molar-refractivity contribution < 1.29 is 19.6 Å². The number of hydrogen-bond acceptors (Lipinski definition) is 5. The third-order valence-corrected chi connectivity index (χ3v) is 3.94. The molecule has 1 heterocycles. The van der Waals surface area contributed by atoms with E-state index in [1.807, 2.05) is 13.0 Å². The lowest BCUT2D eigenvalue weighted by Gasteiger charge is -2.10. The SMILES string of the molecule is COc1ccc(-c2cc(C(=O)O)c3cccc(C)c3n2)cc1[N+](=O)[O-]. The molecule has 0 bridgehead atoms. The third kappa shape index (κ3) is 2.87. The summed E-state index contributed by atoms with van der Waals surface area (Å²) in [6.07, 6.45) is 0. The molecule has 3 rings (SSSR count). The lowest BCUT2D eigenvalue weighted by molar-refractivity contribution is -0.385. The Hall–Kier alpha value is -3.48. The molecular formula is C18H14N2O5. The second-order valence-corrected chi connectivity index (χ2v) is 5.48. The zero-order chi connectivity index (χ0) is 18.1. The number of ether oxygens (including phenoxy) is 1. The Bertz CT molecular complexity index is 1010. The number of benzene rings is 2. The predicted molar refractivity (Wildman–Crippen MR) is 92.1 cm³/mol. The first-order valence-corrected chi connectivity index (χ1v) is 7.39. The Morgan fingerprint density at radius 3 is 2.64 bits per heavy atom. The van der Waals surface area contributed by atoms with E-state index < -0.39 is 10.9 Å². The number of aromatic carboxylic acids is 1. The van der Waals surface area contributed by atoms with E-state index in [1.54, 1.807) is 18.2 Å². The summed E-state index contributed by atoms with van der Waals surface area (Å²) in [4.78, 5) is 26.8. The Kier molecular flexibility index (Phi) is 4.06. The van der Waals surface area contributed by atoms with Crippen molar-refractivity contribution in [2.75, 3.05) is 7.11 Å². The molecule has 0 aliphatic rings. The molecule has 0 unspecified atom stereocenters. The van der Waals surface area contributed by atoms with Crippen LogP contribution in [0.4, 0.5) is 5.69 Å². The minimum absolute atomic E-state index is 0.0992. The van der Waals surface area contributed by atoms with Crippen molar-refractivity contribution in [3.8, 4) is 17.0 Å². The van der Waals surface area contributed by atoms with Gasteiger partial charge >= 0.3 is 11.7 Å². The molecule has 2 aromatic carbocycles. The molecule has 0 atom stereocenters. The van der Waals surface area contributed by atoms with Crippen molar-refractivity contribution >= 4 is 22.6 Å². The molecule has 0 saturated carbocycles. The predicted octanol–water partition coefficient (Wildman–Crippen LogP) is 3.83. The quantitative estimate of drug-likeness (QED) is 0.573. The molecule has 0 radical (unpaired) electrons. The van der Waals surface area contributed by atoms with Gasteiger partial charge in [0.2, 0.25) is 0 Å². The van der Waals surface area contributed by atoms with Crippen LogP contribution in [0.1, 0.15) is 15.9 Å². The molecule has 0 aliphatic carbocycles. The number of aryl methyl sites for hydroxylation is 1. The topological polar surface area (TPSA) is 103 Å². The number of carboxylic acid groups (broad SMARTS) is 1. The van der Waals surface area contributed by atoms with Gasteiger partial charge in [-0.05, 0) is 30.7 Å². The number of fused-ring (bicyclic) bond motifs is 1.